The standard InChI is InChI=1S/C26H26N2O4S/c1-4-5-14-28-21(18-12-9-13-19(15-18)32-3)20(23(30)26(28)31)22(29)24-16(2)27-25(33-24)17-10-7-6-8-11-17/h6-13,15,21,30H,4-5,14H2,1-3H3. The predicted octanol–water partition coefficient (Wildman–Crippen LogP) is 5.51. The first-order valence-electron chi connectivity index (χ1n) is 10.9. The molecule has 0 bridgehead atoms. The number of ether oxygens (including phenoxy) is 1. The molecule has 0 saturated carbocycles. The second-order valence-electron chi connectivity index (χ2n) is 7.92. The molecule has 2 aromatic carbocycles. The Morgan fingerprint density at radius 2 is 1.94 bits per heavy atom. The van der Waals surface area contributed by atoms with Crippen LogP contribution in [0, 0.1) is 6.92 Å². The quantitative estimate of drug-likeness (QED) is 0.447. The number of aryl methyl sites for hydroxylation is 1. The number of carbonyl (C=O) groups is 2. The van der Waals surface area contributed by atoms with E-state index in [9.17, 15) is 14.7 Å². The Bertz CT molecular complexity index is 1220. The number of unbranched alkanes of at least 4 members (excludes halogenated alkanes) is 1. The minimum Gasteiger partial charge on any atom is -0.503 e. The molecular formula is C26H26N2O4S. The summed E-state index contributed by atoms with van der Waals surface area (Å²) in [5.41, 5.74) is 2.31. The third-order valence-electron chi connectivity index (χ3n) is 5.73. The highest BCUT2D eigenvalue weighted by molar-refractivity contribution is 7.17. The molecule has 1 atom stereocenters. The van der Waals surface area contributed by atoms with Gasteiger partial charge in [-0.1, -0.05) is 55.8 Å². The molecule has 1 aromatic heterocycles. The van der Waals surface area contributed by atoms with Crippen molar-refractivity contribution >= 4 is 23.0 Å². The van der Waals surface area contributed by atoms with E-state index >= 15 is 0 Å². The van der Waals surface area contributed by atoms with E-state index in [1.165, 1.54) is 11.3 Å². The summed E-state index contributed by atoms with van der Waals surface area (Å²) >= 11 is 1.27. The van der Waals surface area contributed by atoms with Gasteiger partial charge in [0.25, 0.3) is 5.91 Å². The van der Waals surface area contributed by atoms with Crippen LogP contribution in [0.15, 0.2) is 65.9 Å². The molecule has 1 N–H and O–H groups in total. The minimum absolute atomic E-state index is 0.0933. The number of nitrogens with zero attached hydrogens (tertiary/aromatic N) is 2. The Morgan fingerprint density at radius 3 is 2.64 bits per heavy atom. The lowest BCUT2D eigenvalue weighted by molar-refractivity contribution is -0.129. The SMILES string of the molecule is CCCCN1C(=O)C(O)=C(C(=O)c2sc(-c3ccccc3)nc2C)C1c1cccc(OC)c1. The van der Waals surface area contributed by atoms with Crippen LogP contribution in [0.3, 0.4) is 0 Å². The lowest BCUT2D eigenvalue weighted by Gasteiger charge is -2.27. The largest absolute Gasteiger partial charge is 0.503 e. The fourth-order valence-electron chi connectivity index (χ4n) is 4.04. The highest BCUT2D eigenvalue weighted by atomic mass is 32.1. The van der Waals surface area contributed by atoms with E-state index in [2.05, 4.69) is 4.98 Å². The number of hydrogen-bond donors (Lipinski definition) is 1. The molecular weight excluding hydrogens is 436 g/mol. The van der Waals surface area contributed by atoms with Gasteiger partial charge in [0.2, 0.25) is 5.78 Å². The van der Waals surface area contributed by atoms with Crippen LogP contribution >= 0.6 is 11.3 Å². The Labute approximate surface area is 197 Å². The summed E-state index contributed by atoms with van der Waals surface area (Å²) in [7, 11) is 1.57. The van der Waals surface area contributed by atoms with Gasteiger partial charge in [0.05, 0.1) is 29.3 Å². The van der Waals surface area contributed by atoms with Crippen molar-refractivity contribution in [2.24, 2.45) is 0 Å². The van der Waals surface area contributed by atoms with Gasteiger partial charge in [-0.25, -0.2) is 4.98 Å². The van der Waals surface area contributed by atoms with Crippen molar-refractivity contribution < 1.29 is 19.4 Å². The summed E-state index contributed by atoms with van der Waals surface area (Å²) in [5, 5.41) is 11.6. The first kappa shape index (κ1) is 22.7. The number of ketones is 1. The van der Waals surface area contributed by atoms with Gasteiger partial charge in [-0.3, -0.25) is 9.59 Å². The number of rotatable bonds is 8. The monoisotopic (exact) mass is 462 g/mol. The lowest BCUT2D eigenvalue weighted by Crippen LogP contribution is -2.32. The van der Waals surface area contributed by atoms with Crippen LogP contribution in [0.25, 0.3) is 10.6 Å². The fourth-order valence-corrected chi connectivity index (χ4v) is 5.06. The molecule has 2 heterocycles. The van der Waals surface area contributed by atoms with E-state index in [-0.39, 0.29) is 11.4 Å². The average molecular weight is 463 g/mol. The summed E-state index contributed by atoms with van der Waals surface area (Å²) < 4.78 is 5.36. The molecule has 3 aromatic rings. The van der Waals surface area contributed by atoms with Crippen molar-refractivity contribution in [3.05, 3.63) is 82.1 Å². The molecule has 1 unspecified atom stereocenters. The fraction of sp³-hybridized carbons (Fsp3) is 0.269. The van der Waals surface area contributed by atoms with Crippen molar-refractivity contribution in [1.82, 2.24) is 9.88 Å². The van der Waals surface area contributed by atoms with Gasteiger partial charge < -0.3 is 14.7 Å². The maximum absolute atomic E-state index is 13.8. The molecule has 0 spiro atoms. The normalized spacial score (nSPS) is 15.9. The van der Waals surface area contributed by atoms with Crippen LogP contribution in [0.2, 0.25) is 0 Å². The van der Waals surface area contributed by atoms with E-state index < -0.39 is 17.7 Å². The number of carbonyl (C=O) groups excluding carboxylic acids is 2. The zero-order valence-electron chi connectivity index (χ0n) is 18.9. The number of aliphatic hydroxyl groups is 1. The first-order valence-corrected chi connectivity index (χ1v) is 11.7. The second-order valence-corrected chi connectivity index (χ2v) is 8.92. The van der Waals surface area contributed by atoms with Crippen molar-refractivity contribution in [1.29, 1.82) is 0 Å². The summed E-state index contributed by atoms with van der Waals surface area (Å²) in [6, 6.07) is 16.2. The van der Waals surface area contributed by atoms with E-state index in [1.807, 2.05) is 49.4 Å². The third kappa shape index (κ3) is 4.28. The van der Waals surface area contributed by atoms with Gasteiger partial charge in [-0.2, -0.15) is 0 Å². The molecule has 0 aliphatic carbocycles. The Kier molecular flexibility index (Phi) is 6.60. The molecule has 4 rings (SSSR count). The second kappa shape index (κ2) is 9.58. The van der Waals surface area contributed by atoms with E-state index in [0.29, 0.717) is 22.9 Å². The topological polar surface area (TPSA) is 79.7 Å². The average Bonchev–Trinajstić information content (AvgIpc) is 3.35. The highest BCUT2D eigenvalue weighted by Crippen LogP contribution is 2.41. The number of aliphatic hydroxyl groups excluding tert-OH is 1. The summed E-state index contributed by atoms with van der Waals surface area (Å²) in [4.78, 5) is 33.4. The van der Waals surface area contributed by atoms with Crippen molar-refractivity contribution in [2.45, 2.75) is 32.7 Å². The van der Waals surface area contributed by atoms with E-state index in [1.54, 1.807) is 31.1 Å². The van der Waals surface area contributed by atoms with Crippen LogP contribution in [0.1, 0.15) is 46.7 Å². The van der Waals surface area contributed by atoms with E-state index in [4.69, 9.17) is 4.74 Å². The molecule has 33 heavy (non-hydrogen) atoms. The highest BCUT2D eigenvalue weighted by Gasteiger charge is 2.44. The van der Waals surface area contributed by atoms with Gasteiger partial charge in [-0.05, 0) is 31.0 Å². The van der Waals surface area contributed by atoms with Gasteiger partial charge in [-0.15, -0.1) is 11.3 Å². The zero-order chi connectivity index (χ0) is 23.5. The van der Waals surface area contributed by atoms with Crippen molar-refractivity contribution in [3.63, 3.8) is 0 Å². The van der Waals surface area contributed by atoms with Crippen LogP contribution in [0.4, 0.5) is 0 Å². The third-order valence-corrected chi connectivity index (χ3v) is 6.94. The number of methoxy groups -OCH3 is 1. The molecule has 0 radical (unpaired) electrons. The summed E-state index contributed by atoms with van der Waals surface area (Å²) in [6.07, 6.45) is 1.64. The first-order chi connectivity index (χ1) is 16.0. The molecule has 7 heteroatoms. The van der Waals surface area contributed by atoms with Crippen LogP contribution < -0.4 is 4.74 Å². The molecule has 6 nitrogen and oxygen atoms in total. The van der Waals surface area contributed by atoms with Crippen molar-refractivity contribution in [2.75, 3.05) is 13.7 Å². The van der Waals surface area contributed by atoms with Crippen LogP contribution in [0.5, 0.6) is 5.75 Å². The predicted molar refractivity (Wildman–Crippen MR) is 129 cm³/mol. The molecule has 170 valence electrons. The Balaban J connectivity index is 1.79. The molecule has 0 saturated heterocycles. The number of thiazole rings is 1. The van der Waals surface area contributed by atoms with Crippen LogP contribution in [-0.4, -0.2) is 40.3 Å². The Morgan fingerprint density at radius 1 is 1.18 bits per heavy atom. The summed E-state index contributed by atoms with van der Waals surface area (Å²) in [5.74, 6) is -0.762. The maximum Gasteiger partial charge on any atom is 0.290 e. The smallest absolute Gasteiger partial charge is 0.290 e. The number of aromatic nitrogens is 1. The number of hydrogen-bond acceptors (Lipinski definition) is 6. The Hall–Kier alpha value is -3.45. The van der Waals surface area contributed by atoms with Gasteiger partial charge in [0.15, 0.2) is 5.76 Å². The number of benzene rings is 2. The van der Waals surface area contributed by atoms with Crippen molar-refractivity contribution in [3.8, 4) is 16.3 Å². The molecule has 1 amide bonds. The molecule has 1 aliphatic heterocycles. The molecule has 1 aliphatic rings. The number of Topliss-reactive ketones (excluding diaryl/α,β-unsaturated/α-hetero) is 1. The van der Waals surface area contributed by atoms with Gasteiger partial charge in [0, 0.05) is 12.1 Å². The molecule has 0 fully saturated rings. The van der Waals surface area contributed by atoms with Crippen LogP contribution in [-0.2, 0) is 4.79 Å². The van der Waals surface area contributed by atoms with Gasteiger partial charge in [0.1, 0.15) is 10.8 Å². The number of amides is 1. The summed E-state index contributed by atoms with van der Waals surface area (Å²) in [6.45, 7) is 4.25. The zero-order valence-corrected chi connectivity index (χ0v) is 19.7. The lowest BCUT2D eigenvalue weighted by atomic mass is 9.94. The van der Waals surface area contributed by atoms with Gasteiger partial charge >= 0.3 is 0 Å². The maximum atomic E-state index is 13.8. The minimum atomic E-state index is -0.687. The van der Waals surface area contributed by atoms with E-state index in [0.717, 1.165) is 29.0 Å².